The molecule has 4 heteroatoms. The third-order valence-corrected chi connectivity index (χ3v) is 3.69. The van der Waals surface area contributed by atoms with Gasteiger partial charge in [-0.25, -0.2) is 9.97 Å². The highest BCUT2D eigenvalue weighted by Gasteiger charge is 2.10. The topological polar surface area (TPSA) is 37.8 Å². The first-order valence-electron chi connectivity index (χ1n) is 7.40. The molecule has 2 rings (SSSR count). The van der Waals surface area contributed by atoms with Crippen molar-refractivity contribution in [3.63, 3.8) is 0 Å². The second kappa shape index (κ2) is 6.90. The van der Waals surface area contributed by atoms with Crippen molar-refractivity contribution < 1.29 is 0 Å². The summed E-state index contributed by atoms with van der Waals surface area (Å²) in [6.45, 7) is 9.25. The van der Waals surface area contributed by atoms with E-state index in [1.807, 2.05) is 25.1 Å². The average Bonchev–Trinajstić information content (AvgIpc) is 2.47. The Balaban J connectivity index is 2.45. The lowest BCUT2D eigenvalue weighted by Gasteiger charge is -2.12. The van der Waals surface area contributed by atoms with Gasteiger partial charge in [-0.2, -0.15) is 0 Å². The van der Waals surface area contributed by atoms with Crippen molar-refractivity contribution in [2.24, 2.45) is 0 Å². The molecule has 0 atom stereocenters. The molecule has 1 N–H and O–H groups in total. The quantitative estimate of drug-likeness (QED) is 0.840. The zero-order chi connectivity index (χ0) is 15.4. The van der Waals surface area contributed by atoms with E-state index in [1.54, 1.807) is 0 Å². The SMILES string of the molecule is CCCNc1cc(-c2ccc(C)c(Cl)c2)nc(C(C)C)n1. The number of benzene rings is 1. The first kappa shape index (κ1) is 15.8. The highest BCUT2D eigenvalue weighted by molar-refractivity contribution is 6.31. The molecule has 3 nitrogen and oxygen atoms in total. The second-order valence-electron chi connectivity index (χ2n) is 5.54. The Morgan fingerprint density at radius 3 is 2.57 bits per heavy atom. The van der Waals surface area contributed by atoms with Crippen molar-refractivity contribution in [1.29, 1.82) is 0 Å². The van der Waals surface area contributed by atoms with Crippen molar-refractivity contribution in [1.82, 2.24) is 9.97 Å². The number of nitrogens with zero attached hydrogens (tertiary/aromatic N) is 2. The zero-order valence-corrected chi connectivity index (χ0v) is 13.8. The molecule has 0 aliphatic rings. The molecule has 0 unspecified atom stereocenters. The van der Waals surface area contributed by atoms with Crippen LogP contribution in [0.25, 0.3) is 11.3 Å². The minimum atomic E-state index is 0.285. The molecule has 0 spiro atoms. The summed E-state index contributed by atoms with van der Waals surface area (Å²) in [6, 6.07) is 8.03. The van der Waals surface area contributed by atoms with Crippen LogP contribution >= 0.6 is 11.6 Å². The molecular weight excluding hydrogens is 282 g/mol. The maximum Gasteiger partial charge on any atom is 0.133 e. The summed E-state index contributed by atoms with van der Waals surface area (Å²) in [5.74, 6) is 2.01. The van der Waals surface area contributed by atoms with E-state index in [9.17, 15) is 0 Å². The Kier molecular flexibility index (Phi) is 5.18. The first-order chi connectivity index (χ1) is 10.0. The van der Waals surface area contributed by atoms with Gasteiger partial charge < -0.3 is 5.32 Å². The third kappa shape index (κ3) is 3.94. The van der Waals surface area contributed by atoms with E-state index >= 15 is 0 Å². The Morgan fingerprint density at radius 1 is 1.19 bits per heavy atom. The van der Waals surface area contributed by atoms with Crippen LogP contribution in [0, 0.1) is 6.92 Å². The molecule has 1 aromatic heterocycles. The predicted molar refractivity (Wildman–Crippen MR) is 90.1 cm³/mol. The lowest BCUT2D eigenvalue weighted by Crippen LogP contribution is -2.07. The van der Waals surface area contributed by atoms with E-state index in [0.29, 0.717) is 0 Å². The molecule has 0 bridgehead atoms. The molecule has 0 amide bonds. The minimum absolute atomic E-state index is 0.285. The van der Waals surface area contributed by atoms with Crippen molar-refractivity contribution in [3.05, 3.63) is 40.7 Å². The second-order valence-corrected chi connectivity index (χ2v) is 5.95. The third-order valence-electron chi connectivity index (χ3n) is 3.28. The Labute approximate surface area is 131 Å². The molecule has 1 aromatic carbocycles. The van der Waals surface area contributed by atoms with Crippen LogP contribution in [0.4, 0.5) is 5.82 Å². The van der Waals surface area contributed by atoms with Crippen molar-refractivity contribution in [3.8, 4) is 11.3 Å². The number of nitrogens with one attached hydrogen (secondary N) is 1. The van der Waals surface area contributed by atoms with Crippen LogP contribution in [0.1, 0.15) is 44.5 Å². The van der Waals surface area contributed by atoms with Gasteiger partial charge in [-0.3, -0.25) is 0 Å². The van der Waals surface area contributed by atoms with Crippen LogP contribution in [-0.2, 0) is 0 Å². The molecule has 1 heterocycles. The smallest absolute Gasteiger partial charge is 0.133 e. The van der Waals surface area contributed by atoms with Crippen LogP contribution < -0.4 is 5.32 Å². The summed E-state index contributed by atoms with van der Waals surface area (Å²) in [7, 11) is 0. The number of aryl methyl sites for hydroxylation is 1. The van der Waals surface area contributed by atoms with Crippen molar-refractivity contribution in [2.45, 2.75) is 40.0 Å². The fourth-order valence-electron chi connectivity index (χ4n) is 1.97. The summed E-state index contributed by atoms with van der Waals surface area (Å²) < 4.78 is 0. The number of hydrogen-bond acceptors (Lipinski definition) is 3. The van der Waals surface area contributed by atoms with Gasteiger partial charge in [-0.1, -0.05) is 44.5 Å². The Bertz CT molecular complexity index is 623. The maximum absolute atomic E-state index is 6.23. The van der Waals surface area contributed by atoms with Gasteiger partial charge in [0.1, 0.15) is 11.6 Å². The van der Waals surface area contributed by atoms with Gasteiger partial charge in [-0.05, 0) is 25.0 Å². The van der Waals surface area contributed by atoms with E-state index in [4.69, 9.17) is 11.6 Å². The predicted octanol–water partition coefficient (Wildman–Crippen LogP) is 5.05. The fourth-order valence-corrected chi connectivity index (χ4v) is 2.15. The van der Waals surface area contributed by atoms with Crippen LogP contribution in [0.3, 0.4) is 0 Å². The fraction of sp³-hybridized carbons (Fsp3) is 0.412. The van der Waals surface area contributed by atoms with Crippen molar-refractivity contribution >= 4 is 17.4 Å². The number of anilines is 1. The molecule has 0 radical (unpaired) electrons. The molecular formula is C17H22ClN3. The van der Waals surface area contributed by atoms with Crippen LogP contribution in [0.15, 0.2) is 24.3 Å². The van der Waals surface area contributed by atoms with Gasteiger partial charge in [0.15, 0.2) is 0 Å². The monoisotopic (exact) mass is 303 g/mol. The average molecular weight is 304 g/mol. The van der Waals surface area contributed by atoms with Crippen LogP contribution in [0.5, 0.6) is 0 Å². The molecule has 112 valence electrons. The van der Waals surface area contributed by atoms with Gasteiger partial charge >= 0.3 is 0 Å². The molecule has 0 saturated carbocycles. The molecule has 0 aliphatic carbocycles. The number of hydrogen-bond donors (Lipinski definition) is 1. The van der Waals surface area contributed by atoms with E-state index < -0.39 is 0 Å². The molecule has 0 saturated heterocycles. The minimum Gasteiger partial charge on any atom is -0.370 e. The van der Waals surface area contributed by atoms with Crippen molar-refractivity contribution in [2.75, 3.05) is 11.9 Å². The van der Waals surface area contributed by atoms with Gasteiger partial charge in [0.2, 0.25) is 0 Å². The summed E-state index contributed by atoms with van der Waals surface area (Å²) in [4.78, 5) is 9.25. The highest BCUT2D eigenvalue weighted by Crippen LogP contribution is 2.26. The van der Waals surface area contributed by atoms with E-state index in [2.05, 4.69) is 42.1 Å². The van der Waals surface area contributed by atoms with Crippen LogP contribution in [-0.4, -0.2) is 16.5 Å². The van der Waals surface area contributed by atoms with Crippen LogP contribution in [0.2, 0.25) is 5.02 Å². The summed E-state index contributed by atoms with van der Waals surface area (Å²) in [5.41, 5.74) is 3.01. The largest absolute Gasteiger partial charge is 0.370 e. The lowest BCUT2D eigenvalue weighted by molar-refractivity contribution is 0.775. The Morgan fingerprint density at radius 2 is 1.95 bits per heavy atom. The molecule has 0 fully saturated rings. The highest BCUT2D eigenvalue weighted by atomic mass is 35.5. The molecule has 0 aliphatic heterocycles. The number of aromatic nitrogens is 2. The summed E-state index contributed by atoms with van der Waals surface area (Å²) in [6.07, 6.45) is 1.06. The van der Waals surface area contributed by atoms with E-state index in [1.165, 1.54) is 0 Å². The standard InChI is InChI=1S/C17H22ClN3/c1-5-8-19-16-10-15(20-17(21-16)11(2)3)13-7-6-12(4)14(18)9-13/h6-7,9-11H,5,8H2,1-4H3,(H,19,20,21). The number of rotatable bonds is 5. The van der Waals surface area contributed by atoms with E-state index in [-0.39, 0.29) is 5.92 Å². The molecule has 21 heavy (non-hydrogen) atoms. The summed E-state index contributed by atoms with van der Waals surface area (Å²) in [5, 5.41) is 4.11. The number of halogens is 1. The first-order valence-corrected chi connectivity index (χ1v) is 7.78. The van der Waals surface area contributed by atoms with E-state index in [0.717, 1.165) is 46.5 Å². The lowest BCUT2D eigenvalue weighted by atomic mass is 10.1. The zero-order valence-electron chi connectivity index (χ0n) is 13.1. The maximum atomic E-state index is 6.23. The van der Waals surface area contributed by atoms with Gasteiger partial charge in [0.05, 0.1) is 5.69 Å². The van der Waals surface area contributed by atoms with Gasteiger partial charge in [-0.15, -0.1) is 0 Å². The normalized spacial score (nSPS) is 11.0. The summed E-state index contributed by atoms with van der Waals surface area (Å²) >= 11 is 6.23. The van der Waals surface area contributed by atoms with Gasteiger partial charge in [0, 0.05) is 29.1 Å². The molecule has 2 aromatic rings. The Hall–Kier alpha value is -1.61. The van der Waals surface area contributed by atoms with Gasteiger partial charge in [0.25, 0.3) is 0 Å².